The summed E-state index contributed by atoms with van der Waals surface area (Å²) in [6.07, 6.45) is 3.59. The Morgan fingerprint density at radius 1 is 0.870 bits per heavy atom. The van der Waals surface area contributed by atoms with Gasteiger partial charge in [0.25, 0.3) is 0 Å². The molecule has 0 aliphatic heterocycles. The molecule has 0 spiro atoms. The first-order valence-electron chi connectivity index (χ1n) is 8.48. The summed E-state index contributed by atoms with van der Waals surface area (Å²) >= 11 is 0. The van der Waals surface area contributed by atoms with Crippen molar-refractivity contribution < 1.29 is 0 Å². The van der Waals surface area contributed by atoms with Gasteiger partial charge in [-0.05, 0) is 32.0 Å². The normalized spacial score (nSPS) is 8.87. The minimum atomic E-state index is 0.911. The maximum atomic E-state index is 4.52. The predicted octanol–water partition coefficient (Wildman–Crippen LogP) is 5.49. The van der Waals surface area contributed by atoms with Crippen LogP contribution < -0.4 is 0 Å². The molecule has 4 nitrogen and oxygen atoms in total. The Morgan fingerprint density at radius 3 is 2.13 bits per heavy atom. The molecule has 0 aromatic carbocycles. The fraction of sp³-hybridized carbons (Fsp3) is 0.421. The smallest absolute Gasteiger partial charge is 0.137 e. The van der Waals surface area contributed by atoms with Crippen LogP contribution in [-0.2, 0) is 0 Å². The molecule has 0 fully saturated rings. The molecule has 3 rings (SSSR count). The average Bonchev–Trinajstić information content (AvgIpc) is 2.96. The molecule has 0 N–H and O–H groups in total. The highest BCUT2D eigenvalue weighted by atomic mass is 15.0. The second kappa shape index (κ2) is 11.4. The quantitative estimate of drug-likeness (QED) is 0.596. The molecule has 3 heterocycles. The molecule has 0 saturated heterocycles. The van der Waals surface area contributed by atoms with Gasteiger partial charge in [-0.25, -0.2) is 15.0 Å². The molecule has 0 aliphatic carbocycles. The van der Waals surface area contributed by atoms with Crippen molar-refractivity contribution in [3.63, 3.8) is 0 Å². The van der Waals surface area contributed by atoms with Gasteiger partial charge in [-0.2, -0.15) is 0 Å². The third-order valence-corrected chi connectivity index (χ3v) is 2.75. The third kappa shape index (κ3) is 5.16. The molecular weight excluding hydrogens is 284 g/mol. The molecule has 126 valence electrons. The maximum Gasteiger partial charge on any atom is 0.137 e. The number of aryl methyl sites for hydroxylation is 2. The van der Waals surface area contributed by atoms with Crippen LogP contribution >= 0.6 is 0 Å². The summed E-state index contributed by atoms with van der Waals surface area (Å²) in [5.41, 5.74) is 4.82. The number of imidazole rings is 1. The molecule has 0 amide bonds. The summed E-state index contributed by atoms with van der Waals surface area (Å²) in [4.78, 5) is 13.0. The molecule has 23 heavy (non-hydrogen) atoms. The Kier molecular flexibility index (Phi) is 10.3. The molecule has 0 radical (unpaired) electrons. The standard InChI is InChI=1S/C13H12N4.3C2H6/c1-9-7-11(15-8-14-9)13-10(2)16-12-5-3-4-6-17(12)13;3*1-2/h3-8H,1-2H3;3*1-2H3. The summed E-state index contributed by atoms with van der Waals surface area (Å²) in [5, 5.41) is 0. The van der Waals surface area contributed by atoms with Gasteiger partial charge in [0, 0.05) is 11.9 Å². The van der Waals surface area contributed by atoms with Crippen molar-refractivity contribution in [2.24, 2.45) is 0 Å². The summed E-state index contributed by atoms with van der Waals surface area (Å²) in [6, 6.07) is 7.94. The van der Waals surface area contributed by atoms with Crippen molar-refractivity contribution in [1.82, 2.24) is 19.4 Å². The van der Waals surface area contributed by atoms with Crippen molar-refractivity contribution in [3.05, 3.63) is 48.2 Å². The van der Waals surface area contributed by atoms with Gasteiger partial charge in [0.05, 0.1) is 17.1 Å². The van der Waals surface area contributed by atoms with E-state index in [0.717, 1.165) is 28.4 Å². The van der Waals surface area contributed by atoms with Gasteiger partial charge in [0.2, 0.25) is 0 Å². The van der Waals surface area contributed by atoms with Crippen LogP contribution in [0.15, 0.2) is 36.8 Å². The van der Waals surface area contributed by atoms with E-state index >= 15 is 0 Å². The molecule has 3 aromatic heterocycles. The zero-order valence-corrected chi connectivity index (χ0v) is 15.8. The molecular formula is C19H30N4. The zero-order valence-electron chi connectivity index (χ0n) is 15.8. The lowest BCUT2D eigenvalue weighted by Gasteiger charge is -2.02. The van der Waals surface area contributed by atoms with Gasteiger partial charge in [0.1, 0.15) is 12.0 Å². The van der Waals surface area contributed by atoms with Gasteiger partial charge in [0.15, 0.2) is 0 Å². The Balaban J connectivity index is 0.000000728. The monoisotopic (exact) mass is 314 g/mol. The Bertz CT molecular complexity index is 687. The van der Waals surface area contributed by atoms with Gasteiger partial charge in [-0.3, -0.25) is 4.40 Å². The summed E-state index contributed by atoms with van der Waals surface area (Å²) in [5.74, 6) is 0. The number of nitrogens with zero attached hydrogens (tertiary/aromatic N) is 4. The molecule has 4 heteroatoms. The maximum absolute atomic E-state index is 4.52. The van der Waals surface area contributed by atoms with Crippen LogP contribution in [0.3, 0.4) is 0 Å². The van der Waals surface area contributed by atoms with E-state index in [1.54, 1.807) is 6.33 Å². The van der Waals surface area contributed by atoms with Crippen LogP contribution in [0.2, 0.25) is 0 Å². The molecule has 0 saturated carbocycles. The Hall–Kier alpha value is -2.23. The first kappa shape index (κ1) is 20.8. The van der Waals surface area contributed by atoms with Gasteiger partial charge in [-0.1, -0.05) is 47.6 Å². The van der Waals surface area contributed by atoms with E-state index in [1.807, 2.05) is 85.9 Å². The van der Waals surface area contributed by atoms with Crippen molar-refractivity contribution in [3.8, 4) is 11.4 Å². The van der Waals surface area contributed by atoms with E-state index in [2.05, 4.69) is 19.4 Å². The van der Waals surface area contributed by atoms with Crippen LogP contribution in [0.5, 0.6) is 0 Å². The fourth-order valence-corrected chi connectivity index (χ4v) is 2.01. The molecule has 0 bridgehead atoms. The highest BCUT2D eigenvalue weighted by molar-refractivity contribution is 5.63. The summed E-state index contributed by atoms with van der Waals surface area (Å²) in [7, 11) is 0. The second-order valence-corrected chi connectivity index (χ2v) is 4.02. The summed E-state index contributed by atoms with van der Waals surface area (Å²) < 4.78 is 2.05. The van der Waals surface area contributed by atoms with E-state index in [1.165, 1.54) is 0 Å². The first-order chi connectivity index (χ1) is 11.3. The molecule has 0 aliphatic rings. The lowest BCUT2D eigenvalue weighted by Crippen LogP contribution is -1.93. The fourth-order valence-electron chi connectivity index (χ4n) is 2.01. The number of hydrogen-bond acceptors (Lipinski definition) is 3. The van der Waals surface area contributed by atoms with Crippen molar-refractivity contribution >= 4 is 5.65 Å². The van der Waals surface area contributed by atoms with E-state index in [9.17, 15) is 0 Å². The van der Waals surface area contributed by atoms with Crippen molar-refractivity contribution in [1.29, 1.82) is 0 Å². The molecule has 0 atom stereocenters. The minimum Gasteiger partial charge on any atom is -0.298 e. The van der Waals surface area contributed by atoms with Crippen molar-refractivity contribution in [2.75, 3.05) is 0 Å². The van der Waals surface area contributed by atoms with E-state index < -0.39 is 0 Å². The number of rotatable bonds is 1. The van der Waals surface area contributed by atoms with Crippen LogP contribution in [-0.4, -0.2) is 19.4 Å². The number of fused-ring (bicyclic) bond motifs is 1. The highest BCUT2D eigenvalue weighted by Crippen LogP contribution is 2.22. The van der Waals surface area contributed by atoms with Crippen LogP contribution in [0.1, 0.15) is 52.9 Å². The minimum absolute atomic E-state index is 0.911. The Labute approximate surface area is 140 Å². The van der Waals surface area contributed by atoms with Crippen LogP contribution in [0.4, 0.5) is 0 Å². The van der Waals surface area contributed by atoms with Crippen LogP contribution in [0, 0.1) is 13.8 Å². The van der Waals surface area contributed by atoms with Crippen LogP contribution in [0.25, 0.3) is 17.0 Å². The average molecular weight is 314 g/mol. The second-order valence-electron chi connectivity index (χ2n) is 4.02. The SMILES string of the molecule is CC.CC.CC.Cc1cc(-c2c(C)nc3ccccn23)ncn1. The van der Waals surface area contributed by atoms with Gasteiger partial charge in [-0.15, -0.1) is 0 Å². The predicted molar refractivity (Wildman–Crippen MR) is 99.7 cm³/mol. The first-order valence-corrected chi connectivity index (χ1v) is 8.48. The number of aromatic nitrogens is 4. The highest BCUT2D eigenvalue weighted by Gasteiger charge is 2.11. The van der Waals surface area contributed by atoms with Gasteiger partial charge < -0.3 is 0 Å². The van der Waals surface area contributed by atoms with Crippen molar-refractivity contribution in [2.45, 2.75) is 55.4 Å². The topological polar surface area (TPSA) is 43.1 Å². The third-order valence-electron chi connectivity index (χ3n) is 2.75. The molecule has 3 aromatic rings. The molecule has 0 unspecified atom stereocenters. The zero-order chi connectivity index (χ0) is 17.8. The number of hydrogen-bond donors (Lipinski definition) is 0. The van der Waals surface area contributed by atoms with E-state index in [4.69, 9.17) is 0 Å². The Morgan fingerprint density at radius 2 is 1.52 bits per heavy atom. The number of pyridine rings is 1. The van der Waals surface area contributed by atoms with E-state index in [-0.39, 0.29) is 0 Å². The van der Waals surface area contributed by atoms with E-state index in [0.29, 0.717) is 0 Å². The summed E-state index contributed by atoms with van der Waals surface area (Å²) in [6.45, 7) is 16.0. The lowest BCUT2D eigenvalue weighted by atomic mass is 10.2. The van der Waals surface area contributed by atoms with Gasteiger partial charge >= 0.3 is 0 Å². The lowest BCUT2D eigenvalue weighted by molar-refractivity contribution is 1.08. The largest absolute Gasteiger partial charge is 0.298 e.